The van der Waals surface area contributed by atoms with Crippen LogP contribution in [0.1, 0.15) is 36.6 Å². The highest BCUT2D eigenvalue weighted by atomic mass is 35.5. The standard InChI is InChI=1S/C22H17Cl2N3O3/c1-13-6-8-14(9-7-13)20(28)25-19-5-3-2-4-17(19)22(30)27-26-21(29)16-11-10-15(23)12-18(16)24/h2-12H,1H3,(H,25,28)(H,26,29)(H,27,30). The van der Waals surface area contributed by atoms with Crippen molar-refractivity contribution in [2.75, 3.05) is 5.32 Å². The summed E-state index contributed by atoms with van der Waals surface area (Å²) in [6.45, 7) is 1.92. The van der Waals surface area contributed by atoms with Crippen molar-refractivity contribution >= 4 is 46.6 Å². The van der Waals surface area contributed by atoms with E-state index in [1.54, 1.807) is 30.3 Å². The van der Waals surface area contributed by atoms with Gasteiger partial charge in [-0.15, -0.1) is 0 Å². The molecule has 0 aliphatic heterocycles. The first-order chi connectivity index (χ1) is 14.3. The van der Waals surface area contributed by atoms with E-state index in [1.807, 2.05) is 19.1 Å². The summed E-state index contributed by atoms with van der Waals surface area (Å²) in [6, 6.07) is 17.9. The minimum Gasteiger partial charge on any atom is -0.321 e. The molecule has 3 amide bonds. The van der Waals surface area contributed by atoms with Gasteiger partial charge in [-0.1, -0.05) is 53.0 Å². The summed E-state index contributed by atoms with van der Waals surface area (Å²) in [5.74, 6) is -1.56. The van der Waals surface area contributed by atoms with Crippen LogP contribution in [-0.2, 0) is 0 Å². The van der Waals surface area contributed by atoms with Crippen LogP contribution in [0.5, 0.6) is 0 Å². The number of hydrogen-bond donors (Lipinski definition) is 3. The minimum absolute atomic E-state index is 0.153. The van der Waals surface area contributed by atoms with Gasteiger partial charge in [-0.3, -0.25) is 25.2 Å². The maximum atomic E-state index is 12.6. The second-order valence-electron chi connectivity index (χ2n) is 6.40. The molecule has 0 aliphatic rings. The fourth-order valence-electron chi connectivity index (χ4n) is 2.61. The lowest BCUT2D eigenvalue weighted by molar-refractivity contribution is 0.0847. The van der Waals surface area contributed by atoms with Gasteiger partial charge in [-0.25, -0.2) is 0 Å². The second-order valence-corrected chi connectivity index (χ2v) is 7.24. The second kappa shape index (κ2) is 9.43. The van der Waals surface area contributed by atoms with Crippen molar-refractivity contribution in [2.24, 2.45) is 0 Å². The number of halogens is 2. The zero-order chi connectivity index (χ0) is 21.7. The summed E-state index contributed by atoms with van der Waals surface area (Å²) in [7, 11) is 0. The number of amides is 3. The number of rotatable bonds is 4. The fourth-order valence-corrected chi connectivity index (χ4v) is 3.11. The summed E-state index contributed by atoms with van der Waals surface area (Å²) >= 11 is 11.8. The molecule has 0 aromatic heterocycles. The van der Waals surface area contributed by atoms with Gasteiger partial charge in [0.15, 0.2) is 0 Å². The summed E-state index contributed by atoms with van der Waals surface area (Å²) in [5.41, 5.74) is 6.75. The van der Waals surface area contributed by atoms with Crippen molar-refractivity contribution < 1.29 is 14.4 Å². The summed E-state index contributed by atoms with van der Waals surface area (Å²) in [4.78, 5) is 37.3. The Morgan fingerprint density at radius 3 is 2.03 bits per heavy atom. The van der Waals surface area contributed by atoms with E-state index in [0.29, 0.717) is 16.3 Å². The molecule has 3 aromatic carbocycles. The van der Waals surface area contributed by atoms with Crippen LogP contribution in [0.15, 0.2) is 66.7 Å². The molecule has 0 bridgehead atoms. The van der Waals surface area contributed by atoms with Crippen LogP contribution in [0.4, 0.5) is 5.69 Å². The number of nitrogens with one attached hydrogen (secondary N) is 3. The monoisotopic (exact) mass is 441 g/mol. The number of benzene rings is 3. The molecule has 0 saturated heterocycles. The molecule has 3 rings (SSSR count). The topological polar surface area (TPSA) is 87.3 Å². The van der Waals surface area contributed by atoms with E-state index in [4.69, 9.17) is 23.2 Å². The average molecular weight is 442 g/mol. The quantitative estimate of drug-likeness (QED) is 0.515. The van der Waals surface area contributed by atoms with Gasteiger partial charge in [0.25, 0.3) is 17.7 Å². The van der Waals surface area contributed by atoms with Crippen molar-refractivity contribution in [3.8, 4) is 0 Å². The molecule has 0 heterocycles. The van der Waals surface area contributed by atoms with Gasteiger partial charge in [0.2, 0.25) is 0 Å². The van der Waals surface area contributed by atoms with Crippen LogP contribution < -0.4 is 16.2 Å². The molecule has 30 heavy (non-hydrogen) atoms. The SMILES string of the molecule is Cc1ccc(C(=O)Nc2ccccc2C(=O)NNC(=O)c2ccc(Cl)cc2Cl)cc1. The normalized spacial score (nSPS) is 10.2. The van der Waals surface area contributed by atoms with Crippen LogP contribution in [-0.4, -0.2) is 17.7 Å². The van der Waals surface area contributed by atoms with Crippen molar-refractivity contribution in [3.63, 3.8) is 0 Å². The molecule has 6 nitrogen and oxygen atoms in total. The number of hydrazine groups is 1. The van der Waals surface area contributed by atoms with Gasteiger partial charge >= 0.3 is 0 Å². The fraction of sp³-hybridized carbons (Fsp3) is 0.0455. The number of hydrogen-bond acceptors (Lipinski definition) is 3. The summed E-state index contributed by atoms with van der Waals surface area (Å²) in [6.07, 6.45) is 0. The van der Waals surface area contributed by atoms with Gasteiger partial charge in [0.05, 0.1) is 21.8 Å². The first-order valence-electron chi connectivity index (χ1n) is 8.88. The largest absolute Gasteiger partial charge is 0.321 e. The number of para-hydroxylation sites is 1. The van der Waals surface area contributed by atoms with Crippen LogP contribution in [0.2, 0.25) is 10.0 Å². The van der Waals surface area contributed by atoms with E-state index in [-0.39, 0.29) is 22.1 Å². The molecule has 0 spiro atoms. The lowest BCUT2D eigenvalue weighted by atomic mass is 10.1. The Bertz CT molecular complexity index is 1110. The van der Waals surface area contributed by atoms with Gasteiger partial charge in [-0.05, 0) is 49.4 Å². The molecule has 8 heteroatoms. The van der Waals surface area contributed by atoms with Crippen LogP contribution in [0.3, 0.4) is 0 Å². The maximum absolute atomic E-state index is 12.6. The Labute approximate surface area is 183 Å². The molecular formula is C22H17Cl2N3O3. The predicted molar refractivity (Wildman–Crippen MR) is 117 cm³/mol. The lowest BCUT2D eigenvalue weighted by Gasteiger charge is -2.12. The first kappa shape index (κ1) is 21.4. The van der Waals surface area contributed by atoms with Crippen LogP contribution >= 0.6 is 23.2 Å². The van der Waals surface area contributed by atoms with Gasteiger partial charge in [0, 0.05) is 10.6 Å². The third-order valence-corrected chi connectivity index (χ3v) is 4.75. The number of carbonyl (C=O) groups is 3. The van der Waals surface area contributed by atoms with E-state index in [1.165, 1.54) is 24.3 Å². The van der Waals surface area contributed by atoms with Gasteiger partial charge in [-0.2, -0.15) is 0 Å². The van der Waals surface area contributed by atoms with Crippen molar-refractivity contribution in [3.05, 3.63) is 99.0 Å². The Balaban J connectivity index is 1.70. The number of anilines is 1. The molecule has 3 N–H and O–H groups in total. The van der Waals surface area contributed by atoms with E-state index in [9.17, 15) is 14.4 Å². The maximum Gasteiger partial charge on any atom is 0.271 e. The van der Waals surface area contributed by atoms with Gasteiger partial charge in [0.1, 0.15) is 0 Å². The van der Waals surface area contributed by atoms with Crippen molar-refractivity contribution in [1.82, 2.24) is 10.9 Å². The summed E-state index contributed by atoms with van der Waals surface area (Å²) < 4.78 is 0. The molecular weight excluding hydrogens is 425 g/mol. The molecule has 0 saturated carbocycles. The smallest absolute Gasteiger partial charge is 0.271 e. The molecule has 0 atom stereocenters. The Morgan fingerprint density at radius 2 is 1.37 bits per heavy atom. The minimum atomic E-state index is -0.605. The van der Waals surface area contributed by atoms with Crippen LogP contribution in [0, 0.1) is 6.92 Å². The van der Waals surface area contributed by atoms with Crippen molar-refractivity contribution in [2.45, 2.75) is 6.92 Å². The molecule has 0 fully saturated rings. The zero-order valence-corrected chi connectivity index (χ0v) is 17.3. The first-order valence-corrected chi connectivity index (χ1v) is 9.63. The zero-order valence-electron chi connectivity index (χ0n) is 15.8. The average Bonchev–Trinajstić information content (AvgIpc) is 2.72. The van der Waals surface area contributed by atoms with E-state index in [2.05, 4.69) is 16.2 Å². The van der Waals surface area contributed by atoms with Crippen molar-refractivity contribution in [1.29, 1.82) is 0 Å². The lowest BCUT2D eigenvalue weighted by Crippen LogP contribution is -2.42. The highest BCUT2D eigenvalue weighted by Crippen LogP contribution is 2.21. The van der Waals surface area contributed by atoms with Gasteiger partial charge < -0.3 is 5.32 Å². The Hall–Kier alpha value is -3.35. The number of aryl methyl sites for hydroxylation is 1. The van der Waals surface area contributed by atoms with E-state index >= 15 is 0 Å². The van der Waals surface area contributed by atoms with E-state index in [0.717, 1.165) is 5.56 Å². The highest BCUT2D eigenvalue weighted by molar-refractivity contribution is 6.36. The molecule has 0 unspecified atom stereocenters. The highest BCUT2D eigenvalue weighted by Gasteiger charge is 2.16. The van der Waals surface area contributed by atoms with E-state index < -0.39 is 11.8 Å². The molecule has 0 aliphatic carbocycles. The third kappa shape index (κ3) is 5.17. The number of carbonyl (C=O) groups excluding carboxylic acids is 3. The Morgan fingerprint density at radius 1 is 0.733 bits per heavy atom. The summed E-state index contributed by atoms with van der Waals surface area (Å²) in [5, 5.41) is 3.25. The molecule has 0 radical (unpaired) electrons. The molecule has 152 valence electrons. The predicted octanol–water partition coefficient (Wildman–Crippen LogP) is 4.63. The third-order valence-electron chi connectivity index (χ3n) is 4.20. The van der Waals surface area contributed by atoms with Crippen LogP contribution in [0.25, 0.3) is 0 Å². The molecule has 3 aromatic rings. The Kier molecular flexibility index (Phi) is 6.72.